The molecule has 0 aliphatic carbocycles. The van der Waals surface area contributed by atoms with Gasteiger partial charge in [0.15, 0.2) is 0 Å². The van der Waals surface area contributed by atoms with Crippen molar-refractivity contribution >= 4 is 17.7 Å². The van der Waals surface area contributed by atoms with Gasteiger partial charge < -0.3 is 29.4 Å². The Labute approximate surface area is 258 Å². The summed E-state index contributed by atoms with van der Waals surface area (Å²) in [4.78, 5) is 46.6. The number of nitrogens with zero attached hydrogens (tertiary/aromatic N) is 4. The van der Waals surface area contributed by atoms with Crippen molar-refractivity contribution in [1.82, 2.24) is 29.7 Å². The van der Waals surface area contributed by atoms with Crippen molar-refractivity contribution in [2.75, 3.05) is 26.2 Å². The van der Waals surface area contributed by atoms with Crippen LogP contribution in [0.25, 0.3) is 22.6 Å². The molecule has 2 aromatic heterocycles. The van der Waals surface area contributed by atoms with Gasteiger partial charge in [0, 0.05) is 50.3 Å². The average Bonchev–Trinajstić information content (AvgIpc) is 3.64. The van der Waals surface area contributed by atoms with Crippen LogP contribution in [0.1, 0.15) is 37.2 Å². The van der Waals surface area contributed by atoms with Gasteiger partial charge in [0.1, 0.15) is 23.3 Å². The predicted octanol–water partition coefficient (Wildman–Crippen LogP) is 4.13. The van der Waals surface area contributed by atoms with Gasteiger partial charge in [-0.05, 0) is 48.6 Å². The van der Waals surface area contributed by atoms with E-state index < -0.39 is 6.04 Å². The van der Waals surface area contributed by atoms with E-state index in [9.17, 15) is 14.4 Å². The number of fused-ring (bicyclic) bond motifs is 4. The Morgan fingerprint density at radius 3 is 2.61 bits per heavy atom. The summed E-state index contributed by atoms with van der Waals surface area (Å²) in [6.07, 6.45) is 4.59. The zero-order valence-corrected chi connectivity index (χ0v) is 25.5. The first-order chi connectivity index (χ1) is 21.3. The normalized spacial score (nSPS) is 16.7. The van der Waals surface area contributed by atoms with Crippen LogP contribution in [-0.4, -0.2) is 69.0 Å². The van der Waals surface area contributed by atoms with Crippen molar-refractivity contribution in [3.05, 3.63) is 84.8 Å². The second kappa shape index (κ2) is 14.1. The smallest absolute Gasteiger partial charge is 0.270 e. The summed E-state index contributed by atoms with van der Waals surface area (Å²) in [7, 11) is 1.85. The van der Waals surface area contributed by atoms with E-state index in [1.54, 1.807) is 12.3 Å². The first-order valence-electron chi connectivity index (χ1n) is 15.1. The molecule has 2 N–H and O–H groups in total. The SMILES string of the molecule is CC(C)C[C@H]1NC(=O)CN(C(=O)c2ccc(-c3ccccc3)n2C)CCCOc2cccc(c2)-c2nccn2CCNC1=O. The maximum Gasteiger partial charge on any atom is 0.270 e. The summed E-state index contributed by atoms with van der Waals surface area (Å²) in [5.41, 5.74) is 3.27. The van der Waals surface area contributed by atoms with Crippen LogP contribution in [0.4, 0.5) is 0 Å². The topological polar surface area (TPSA) is 110 Å². The number of aromatic nitrogens is 3. The van der Waals surface area contributed by atoms with Gasteiger partial charge in [-0.25, -0.2) is 4.98 Å². The van der Waals surface area contributed by atoms with E-state index in [0.717, 1.165) is 22.6 Å². The number of carbonyl (C=O) groups is 3. The van der Waals surface area contributed by atoms with Gasteiger partial charge in [-0.1, -0.05) is 56.3 Å². The summed E-state index contributed by atoms with van der Waals surface area (Å²) >= 11 is 0. The molecule has 1 aliphatic heterocycles. The van der Waals surface area contributed by atoms with Crippen molar-refractivity contribution < 1.29 is 19.1 Å². The third kappa shape index (κ3) is 7.37. The third-order valence-corrected chi connectivity index (χ3v) is 7.69. The lowest BCUT2D eigenvalue weighted by Gasteiger charge is -2.25. The first-order valence-corrected chi connectivity index (χ1v) is 15.1. The van der Waals surface area contributed by atoms with Crippen molar-refractivity contribution in [3.8, 4) is 28.4 Å². The quantitative estimate of drug-likeness (QED) is 0.368. The van der Waals surface area contributed by atoms with Gasteiger partial charge in [0.2, 0.25) is 11.8 Å². The van der Waals surface area contributed by atoms with Crippen LogP contribution in [0.5, 0.6) is 5.75 Å². The Bertz CT molecular complexity index is 1590. The van der Waals surface area contributed by atoms with Gasteiger partial charge >= 0.3 is 0 Å². The van der Waals surface area contributed by atoms with E-state index in [0.29, 0.717) is 50.5 Å². The average molecular weight is 597 g/mol. The number of hydrogen-bond donors (Lipinski definition) is 2. The van der Waals surface area contributed by atoms with Gasteiger partial charge in [0.05, 0.1) is 13.2 Å². The van der Waals surface area contributed by atoms with E-state index in [1.807, 2.05) is 96.9 Å². The molecule has 44 heavy (non-hydrogen) atoms. The Balaban J connectivity index is 1.40. The van der Waals surface area contributed by atoms with Gasteiger partial charge in [0.25, 0.3) is 5.91 Å². The van der Waals surface area contributed by atoms with E-state index in [1.165, 1.54) is 4.90 Å². The Hall–Kier alpha value is -4.86. The van der Waals surface area contributed by atoms with E-state index in [2.05, 4.69) is 15.6 Å². The molecule has 0 radical (unpaired) electrons. The van der Waals surface area contributed by atoms with Crippen molar-refractivity contribution in [3.63, 3.8) is 0 Å². The van der Waals surface area contributed by atoms with E-state index in [4.69, 9.17) is 4.74 Å². The highest BCUT2D eigenvalue weighted by Crippen LogP contribution is 2.24. The molecule has 1 atom stereocenters. The molecule has 10 heteroatoms. The van der Waals surface area contributed by atoms with E-state index >= 15 is 0 Å². The van der Waals surface area contributed by atoms with Crippen LogP contribution in [-0.2, 0) is 23.2 Å². The zero-order valence-electron chi connectivity index (χ0n) is 25.5. The number of rotatable bonds is 4. The summed E-state index contributed by atoms with van der Waals surface area (Å²) < 4.78 is 9.90. The van der Waals surface area contributed by atoms with Gasteiger partial charge in [-0.2, -0.15) is 0 Å². The molecule has 0 fully saturated rings. The fraction of sp³-hybridized carbons (Fsp3) is 0.353. The zero-order chi connectivity index (χ0) is 31.1. The number of hydrogen-bond acceptors (Lipinski definition) is 5. The minimum absolute atomic E-state index is 0.172. The van der Waals surface area contributed by atoms with Gasteiger partial charge in [-0.3, -0.25) is 14.4 Å². The van der Waals surface area contributed by atoms with Crippen LogP contribution in [0.2, 0.25) is 0 Å². The van der Waals surface area contributed by atoms with Gasteiger partial charge in [-0.15, -0.1) is 0 Å². The number of benzene rings is 2. The van der Waals surface area contributed by atoms with Crippen molar-refractivity contribution in [2.24, 2.45) is 13.0 Å². The minimum Gasteiger partial charge on any atom is -0.494 e. The molecule has 10 nitrogen and oxygen atoms in total. The first kappa shape index (κ1) is 30.6. The van der Waals surface area contributed by atoms with E-state index in [-0.39, 0.29) is 30.2 Å². The van der Waals surface area contributed by atoms with Crippen LogP contribution in [0.15, 0.2) is 79.1 Å². The molecule has 2 bridgehead atoms. The van der Waals surface area contributed by atoms with Crippen LogP contribution >= 0.6 is 0 Å². The molecule has 230 valence electrons. The largest absolute Gasteiger partial charge is 0.494 e. The molecular formula is C34H40N6O4. The molecule has 5 rings (SSSR count). The second-order valence-corrected chi connectivity index (χ2v) is 11.5. The molecule has 2 aromatic carbocycles. The summed E-state index contributed by atoms with van der Waals surface area (Å²) in [5, 5.41) is 5.88. The molecule has 1 aliphatic rings. The lowest BCUT2D eigenvalue weighted by molar-refractivity contribution is -0.129. The standard InChI is InChI=1S/C34H40N6O4/c1-24(2)21-28-33(42)36-16-19-39-18-15-35-32(39)26-11-7-12-27(22-26)44-20-8-17-40(23-31(41)37-28)34(43)30-14-13-29(38(30)3)25-9-5-4-6-10-25/h4-7,9-15,18,22,24,28H,8,16-17,19-21,23H2,1-3H3,(H,36,42)(H,37,41)/t28-/m1/s1. The Kier molecular flexibility index (Phi) is 9.79. The highest BCUT2D eigenvalue weighted by Gasteiger charge is 2.26. The number of imidazole rings is 1. The predicted molar refractivity (Wildman–Crippen MR) is 169 cm³/mol. The van der Waals surface area contributed by atoms with Crippen molar-refractivity contribution in [2.45, 2.75) is 39.3 Å². The lowest BCUT2D eigenvalue weighted by Crippen LogP contribution is -2.51. The Morgan fingerprint density at radius 1 is 1.02 bits per heavy atom. The minimum atomic E-state index is -0.722. The monoisotopic (exact) mass is 596 g/mol. The molecule has 0 unspecified atom stereocenters. The highest BCUT2D eigenvalue weighted by atomic mass is 16.5. The number of carbonyl (C=O) groups excluding carboxylic acids is 3. The molecule has 0 saturated carbocycles. The van der Waals surface area contributed by atoms with Crippen molar-refractivity contribution in [1.29, 1.82) is 0 Å². The highest BCUT2D eigenvalue weighted by molar-refractivity contribution is 5.97. The maximum atomic E-state index is 13.9. The third-order valence-electron chi connectivity index (χ3n) is 7.69. The molecule has 3 heterocycles. The van der Waals surface area contributed by atoms with Crippen LogP contribution in [0, 0.1) is 5.92 Å². The fourth-order valence-electron chi connectivity index (χ4n) is 5.50. The number of amides is 3. The summed E-state index contributed by atoms with van der Waals surface area (Å²) in [6, 6.07) is 20.5. The molecular weight excluding hydrogens is 556 g/mol. The molecule has 0 saturated heterocycles. The maximum absolute atomic E-state index is 13.9. The second-order valence-electron chi connectivity index (χ2n) is 11.5. The van der Waals surface area contributed by atoms with Crippen LogP contribution < -0.4 is 15.4 Å². The fourth-order valence-corrected chi connectivity index (χ4v) is 5.50. The molecule has 0 spiro atoms. The van der Waals surface area contributed by atoms with Crippen LogP contribution in [0.3, 0.4) is 0 Å². The summed E-state index contributed by atoms with van der Waals surface area (Å²) in [6.45, 7) is 5.36. The molecule has 3 amide bonds. The number of ether oxygens (including phenoxy) is 1. The number of nitrogens with one attached hydrogen (secondary N) is 2. The summed E-state index contributed by atoms with van der Waals surface area (Å²) in [5.74, 6) is 0.728. The molecule has 4 aromatic rings. The lowest BCUT2D eigenvalue weighted by atomic mass is 10.0. The Morgan fingerprint density at radius 2 is 1.82 bits per heavy atom.